The predicted octanol–water partition coefficient (Wildman–Crippen LogP) is 5.68. The Balaban J connectivity index is 1.91. The maximum absolute atomic E-state index is 13.3. The van der Waals surface area contributed by atoms with Crippen molar-refractivity contribution in [3.63, 3.8) is 0 Å². The second-order valence-corrected chi connectivity index (χ2v) is 7.66. The molecule has 0 spiro atoms. The number of ketones is 2. The standard InChI is InChI=1S/C22H15F3N2O3S/c1-10-6-7-11(8-14(10)22(23,24)25)27-15-9-16(31-30)19(26)18-17(15)20(28)12-4-2-3-5-13(12)21(18)29/h2-9,27,30H,26H2,1H3. The molecule has 0 unspecified atom stereocenters. The van der Waals surface area contributed by atoms with Crippen molar-refractivity contribution in [3.8, 4) is 0 Å². The Morgan fingerprint density at radius 2 is 1.58 bits per heavy atom. The Hall–Kier alpha value is -3.30. The molecule has 1 aliphatic rings. The number of alkyl halides is 3. The maximum atomic E-state index is 13.3. The van der Waals surface area contributed by atoms with E-state index in [1.807, 2.05) is 0 Å². The number of fused-ring (bicyclic) bond motifs is 2. The molecule has 0 saturated heterocycles. The van der Waals surface area contributed by atoms with E-state index in [4.69, 9.17) is 5.73 Å². The van der Waals surface area contributed by atoms with Crippen LogP contribution >= 0.6 is 12.0 Å². The van der Waals surface area contributed by atoms with Crippen LogP contribution in [0.4, 0.5) is 30.2 Å². The number of carbonyl (C=O) groups excluding carboxylic acids is 2. The van der Waals surface area contributed by atoms with Crippen molar-refractivity contribution in [3.05, 3.63) is 81.9 Å². The first-order chi connectivity index (χ1) is 14.6. The van der Waals surface area contributed by atoms with Gasteiger partial charge in [-0.1, -0.05) is 30.3 Å². The summed E-state index contributed by atoms with van der Waals surface area (Å²) in [4.78, 5) is 26.4. The van der Waals surface area contributed by atoms with E-state index in [0.717, 1.165) is 6.07 Å². The lowest BCUT2D eigenvalue weighted by molar-refractivity contribution is -0.138. The second-order valence-electron chi connectivity index (χ2n) is 7.03. The molecule has 5 nitrogen and oxygen atoms in total. The number of hydrogen-bond acceptors (Lipinski definition) is 6. The molecule has 31 heavy (non-hydrogen) atoms. The number of nitrogen functional groups attached to an aromatic ring is 1. The van der Waals surface area contributed by atoms with Crippen LogP contribution in [-0.2, 0) is 6.18 Å². The van der Waals surface area contributed by atoms with Gasteiger partial charge in [-0.05, 0) is 30.7 Å². The molecule has 0 aliphatic heterocycles. The molecular weight excluding hydrogens is 429 g/mol. The minimum absolute atomic E-state index is 0.0455. The molecule has 0 bridgehead atoms. The zero-order valence-electron chi connectivity index (χ0n) is 16.0. The van der Waals surface area contributed by atoms with Crippen LogP contribution in [0.25, 0.3) is 0 Å². The summed E-state index contributed by atoms with van der Waals surface area (Å²) in [6.07, 6.45) is -4.56. The second kappa shape index (κ2) is 7.44. The minimum atomic E-state index is -4.56. The van der Waals surface area contributed by atoms with Crippen molar-refractivity contribution in [2.45, 2.75) is 18.0 Å². The summed E-state index contributed by atoms with van der Waals surface area (Å²) < 4.78 is 49.5. The molecule has 0 heterocycles. The molecule has 0 amide bonds. The Morgan fingerprint density at radius 1 is 0.968 bits per heavy atom. The number of anilines is 3. The van der Waals surface area contributed by atoms with Crippen LogP contribution < -0.4 is 11.1 Å². The van der Waals surface area contributed by atoms with Crippen LogP contribution in [-0.4, -0.2) is 16.1 Å². The first-order valence-corrected chi connectivity index (χ1v) is 9.82. The first kappa shape index (κ1) is 21.0. The molecule has 0 fully saturated rings. The maximum Gasteiger partial charge on any atom is 0.416 e. The highest BCUT2D eigenvalue weighted by Crippen LogP contribution is 2.41. The topological polar surface area (TPSA) is 92.4 Å². The third-order valence-corrected chi connectivity index (χ3v) is 5.65. The highest BCUT2D eigenvalue weighted by Gasteiger charge is 2.35. The summed E-state index contributed by atoms with van der Waals surface area (Å²) in [5.74, 6) is -0.987. The third-order valence-electron chi connectivity index (χ3n) is 5.12. The summed E-state index contributed by atoms with van der Waals surface area (Å²) in [6.45, 7) is 1.34. The monoisotopic (exact) mass is 444 g/mol. The molecule has 0 saturated carbocycles. The lowest BCUT2D eigenvalue weighted by Gasteiger charge is -2.24. The van der Waals surface area contributed by atoms with Crippen LogP contribution in [0.3, 0.4) is 0 Å². The normalized spacial score (nSPS) is 13.1. The van der Waals surface area contributed by atoms with Gasteiger partial charge in [-0.3, -0.25) is 9.59 Å². The quantitative estimate of drug-likeness (QED) is 0.278. The summed E-state index contributed by atoms with van der Waals surface area (Å²) >= 11 is 0.279. The van der Waals surface area contributed by atoms with E-state index < -0.39 is 23.3 Å². The fourth-order valence-electron chi connectivity index (χ4n) is 3.63. The van der Waals surface area contributed by atoms with Gasteiger partial charge in [0.25, 0.3) is 0 Å². The zero-order valence-corrected chi connectivity index (χ0v) is 16.8. The van der Waals surface area contributed by atoms with E-state index in [1.165, 1.54) is 37.3 Å². The van der Waals surface area contributed by atoms with Gasteiger partial charge < -0.3 is 15.6 Å². The van der Waals surface area contributed by atoms with Crippen molar-refractivity contribution in [1.82, 2.24) is 0 Å². The van der Waals surface area contributed by atoms with Gasteiger partial charge in [-0.15, -0.1) is 0 Å². The Bertz CT molecular complexity index is 1260. The molecule has 0 atom stereocenters. The van der Waals surface area contributed by atoms with E-state index in [9.17, 15) is 27.3 Å². The number of carbonyl (C=O) groups is 2. The van der Waals surface area contributed by atoms with Gasteiger partial charge in [0.2, 0.25) is 0 Å². The average molecular weight is 444 g/mol. The molecule has 3 aromatic rings. The number of benzene rings is 3. The molecule has 1 aliphatic carbocycles. The predicted molar refractivity (Wildman–Crippen MR) is 112 cm³/mol. The van der Waals surface area contributed by atoms with Crippen LogP contribution in [0, 0.1) is 6.92 Å². The summed E-state index contributed by atoms with van der Waals surface area (Å²) in [6, 6.07) is 11.2. The lowest BCUT2D eigenvalue weighted by atomic mass is 9.82. The SMILES string of the molecule is Cc1ccc(Nc2cc(SO)c(N)c3c2C(=O)c2ccccc2C3=O)cc1C(F)(F)F. The van der Waals surface area contributed by atoms with E-state index in [2.05, 4.69) is 5.32 Å². The highest BCUT2D eigenvalue weighted by atomic mass is 32.2. The fraction of sp³-hybridized carbons (Fsp3) is 0.0909. The van der Waals surface area contributed by atoms with Crippen molar-refractivity contribution in [1.29, 1.82) is 0 Å². The number of rotatable bonds is 3. The Kier molecular flexibility index (Phi) is 5.03. The lowest BCUT2D eigenvalue weighted by Crippen LogP contribution is -2.24. The number of nitrogens with one attached hydrogen (secondary N) is 1. The first-order valence-electron chi connectivity index (χ1n) is 9.04. The van der Waals surface area contributed by atoms with E-state index in [0.29, 0.717) is 0 Å². The molecule has 9 heteroatoms. The minimum Gasteiger partial charge on any atom is -0.397 e. The van der Waals surface area contributed by atoms with E-state index >= 15 is 0 Å². The zero-order chi connectivity index (χ0) is 22.5. The number of aryl methyl sites for hydroxylation is 1. The number of halogens is 3. The van der Waals surface area contributed by atoms with Crippen LogP contribution in [0.15, 0.2) is 53.4 Å². The summed E-state index contributed by atoms with van der Waals surface area (Å²) in [5.41, 5.74) is 5.56. The largest absolute Gasteiger partial charge is 0.416 e. The molecule has 158 valence electrons. The Morgan fingerprint density at radius 3 is 2.16 bits per heavy atom. The van der Waals surface area contributed by atoms with Gasteiger partial charge in [-0.25, -0.2) is 0 Å². The van der Waals surface area contributed by atoms with Crippen molar-refractivity contribution in [2.75, 3.05) is 11.1 Å². The Labute approximate surface area is 179 Å². The van der Waals surface area contributed by atoms with Crippen LogP contribution in [0.5, 0.6) is 0 Å². The van der Waals surface area contributed by atoms with Crippen LogP contribution in [0.1, 0.15) is 43.0 Å². The van der Waals surface area contributed by atoms with Crippen molar-refractivity contribution in [2.24, 2.45) is 0 Å². The fourth-order valence-corrected chi connectivity index (χ4v) is 4.00. The van der Waals surface area contributed by atoms with E-state index in [-0.39, 0.29) is 61.8 Å². The number of nitrogens with two attached hydrogens (primary N) is 1. The average Bonchev–Trinajstić information content (AvgIpc) is 2.73. The van der Waals surface area contributed by atoms with Gasteiger partial charge in [-0.2, -0.15) is 13.2 Å². The van der Waals surface area contributed by atoms with E-state index in [1.54, 1.807) is 12.1 Å². The highest BCUT2D eigenvalue weighted by molar-refractivity contribution is 7.94. The van der Waals surface area contributed by atoms with Crippen molar-refractivity contribution < 1.29 is 27.3 Å². The van der Waals surface area contributed by atoms with Crippen molar-refractivity contribution >= 4 is 40.7 Å². The molecule has 3 aromatic carbocycles. The number of hydrogen-bond donors (Lipinski definition) is 3. The summed E-state index contributed by atoms with van der Waals surface area (Å²) in [7, 11) is 0. The van der Waals surface area contributed by atoms with Gasteiger partial charge in [0, 0.05) is 28.9 Å². The van der Waals surface area contributed by atoms with Gasteiger partial charge in [0.05, 0.1) is 33.0 Å². The summed E-state index contributed by atoms with van der Waals surface area (Å²) in [5, 5.41) is 2.80. The van der Waals surface area contributed by atoms with Crippen LogP contribution in [0.2, 0.25) is 0 Å². The molecule has 4 rings (SSSR count). The van der Waals surface area contributed by atoms with Gasteiger partial charge in [0.1, 0.15) is 0 Å². The third kappa shape index (κ3) is 3.45. The smallest absolute Gasteiger partial charge is 0.397 e. The van der Waals surface area contributed by atoms with Gasteiger partial charge >= 0.3 is 6.18 Å². The molecule has 0 radical (unpaired) electrons. The molecule has 0 aromatic heterocycles. The van der Waals surface area contributed by atoms with Gasteiger partial charge in [0.15, 0.2) is 11.6 Å². The molecule has 4 N–H and O–H groups in total. The molecular formula is C22H15F3N2O3S.